The number of aromatic amines is 1. The molecule has 9 heteroatoms. The highest BCUT2D eigenvalue weighted by Gasteiger charge is 2.46. The molecule has 4 heterocycles. The number of nitrogens with one attached hydrogen (secondary N) is 1. The molecule has 0 aliphatic carbocycles. The van der Waals surface area contributed by atoms with Crippen LogP contribution in [0.2, 0.25) is 26.7 Å². The predicted octanol–water partition coefficient (Wildman–Crippen LogP) is 10.4. The molecule has 0 radical (unpaired) electrons. The Balaban J connectivity index is 0.000000376. The van der Waals surface area contributed by atoms with Crippen molar-refractivity contribution in [3.8, 4) is 0 Å². The van der Waals surface area contributed by atoms with Crippen LogP contribution in [-0.2, 0) is 0 Å². The number of pyridine rings is 2. The van der Waals surface area contributed by atoms with E-state index in [0.29, 0.717) is 26.7 Å². The average Bonchev–Trinajstić information content (AvgIpc) is 3.22. The molecule has 4 nitrogen and oxygen atoms in total. The number of H-pyrrole nitrogens is 1. The van der Waals surface area contributed by atoms with Crippen LogP contribution >= 0.6 is 68.4 Å². The van der Waals surface area contributed by atoms with Crippen molar-refractivity contribution in [3.05, 3.63) is 54.1 Å². The van der Waals surface area contributed by atoms with Crippen molar-refractivity contribution in [2.75, 3.05) is 0 Å². The van der Waals surface area contributed by atoms with Gasteiger partial charge in [0.15, 0.2) is 8.24 Å². The third-order valence-corrected chi connectivity index (χ3v) is 15.1. The summed E-state index contributed by atoms with van der Waals surface area (Å²) in [6, 6.07) is 3.95. The minimum atomic E-state index is -1.76. The van der Waals surface area contributed by atoms with Crippen molar-refractivity contribution in [3.63, 3.8) is 0 Å². The van der Waals surface area contributed by atoms with Gasteiger partial charge < -0.3 is 9.22 Å². The first-order valence-corrected chi connectivity index (χ1v) is 15.7. The van der Waals surface area contributed by atoms with Crippen LogP contribution in [0.25, 0.3) is 22.1 Å². The smallest absolute Gasteiger partial charge is 0.171 e. The van der Waals surface area contributed by atoms with E-state index in [1.807, 2.05) is 18.3 Å². The fourth-order valence-electron chi connectivity index (χ4n) is 5.12. The Bertz CT molecular complexity index is 1210. The lowest BCUT2D eigenvalue weighted by Gasteiger charge is -2.44. The molecule has 0 bridgehead atoms. The minimum Gasteiger partial charge on any atom is -0.358 e. The van der Waals surface area contributed by atoms with Crippen LogP contribution in [-0.4, -0.2) is 27.4 Å². The van der Waals surface area contributed by atoms with Crippen molar-refractivity contribution in [1.82, 2.24) is 19.2 Å². The number of rotatable bonds is 4. The molecule has 34 heavy (non-hydrogen) atoms. The lowest BCUT2D eigenvalue weighted by Crippen LogP contribution is -2.51. The summed E-state index contributed by atoms with van der Waals surface area (Å²) in [5.41, 5.74) is 3.95. The minimum absolute atomic E-state index is 0. The maximum atomic E-state index is 6.14. The number of aromatic nitrogens is 4. The molecule has 0 saturated carbocycles. The van der Waals surface area contributed by atoms with Gasteiger partial charge >= 0.3 is 0 Å². The van der Waals surface area contributed by atoms with Gasteiger partial charge in [-0.15, -0.1) is 0 Å². The van der Waals surface area contributed by atoms with Gasteiger partial charge in [-0.2, -0.15) is 0 Å². The summed E-state index contributed by atoms with van der Waals surface area (Å²) in [5.74, 6) is 0. The number of nitrogens with zero attached hydrogens (tertiary/aromatic N) is 3. The summed E-state index contributed by atoms with van der Waals surface area (Å²) >= 11 is 16.6. The van der Waals surface area contributed by atoms with Gasteiger partial charge in [0, 0.05) is 42.7 Å². The molecule has 4 aromatic heterocycles. The molecule has 0 spiro atoms. The Morgan fingerprint density at radius 3 is 1.85 bits per heavy atom. The van der Waals surface area contributed by atoms with Gasteiger partial charge in [0.2, 0.25) is 0 Å². The standard InChI is InChI=1S/C16H24ClIN2Si.C7H4ClIN2.2CH4/c1-10(2)21(11(3)4,12(5)6)20-9-15(18)14-7-13(17)8-19-16(14)20;8-4-1-5-6(9)3-11-7(5)10-2-4;;/h7-12H,1-6H3;1-3H,(H,10,11);2*1H4. The van der Waals surface area contributed by atoms with Gasteiger partial charge in [-0.05, 0) is 73.9 Å². The Kier molecular flexibility index (Phi) is 11.9. The van der Waals surface area contributed by atoms with Crippen molar-refractivity contribution in [1.29, 1.82) is 0 Å². The van der Waals surface area contributed by atoms with Crippen molar-refractivity contribution < 1.29 is 0 Å². The largest absolute Gasteiger partial charge is 0.358 e. The first-order chi connectivity index (χ1) is 15.0. The van der Waals surface area contributed by atoms with Gasteiger partial charge in [-0.25, -0.2) is 9.97 Å². The highest BCUT2D eigenvalue weighted by Crippen LogP contribution is 2.44. The first-order valence-electron chi connectivity index (χ1n) is 10.6. The quantitative estimate of drug-likeness (QED) is 0.167. The Labute approximate surface area is 243 Å². The average molecular weight is 745 g/mol. The molecule has 188 valence electrons. The van der Waals surface area contributed by atoms with E-state index in [2.05, 4.69) is 112 Å². The third-order valence-electron chi connectivity index (χ3n) is 6.20. The molecular weight excluding hydrogens is 709 g/mol. The number of halogens is 4. The van der Waals surface area contributed by atoms with Crippen molar-refractivity contribution in [2.45, 2.75) is 73.0 Å². The maximum absolute atomic E-state index is 6.14. The summed E-state index contributed by atoms with van der Waals surface area (Å²) in [7, 11) is -1.76. The zero-order valence-corrected chi connectivity index (χ0v) is 25.9. The van der Waals surface area contributed by atoms with Gasteiger partial charge in [-0.3, -0.25) is 0 Å². The van der Waals surface area contributed by atoms with Crippen LogP contribution < -0.4 is 0 Å². The van der Waals surface area contributed by atoms with Crippen molar-refractivity contribution >= 4 is 98.7 Å². The molecule has 1 N–H and O–H groups in total. The monoisotopic (exact) mass is 744 g/mol. The molecule has 0 aliphatic rings. The molecule has 4 rings (SSSR count). The van der Waals surface area contributed by atoms with E-state index in [4.69, 9.17) is 23.2 Å². The van der Waals surface area contributed by atoms with E-state index < -0.39 is 8.24 Å². The van der Waals surface area contributed by atoms with Gasteiger partial charge in [0.25, 0.3) is 0 Å². The number of hydrogen-bond donors (Lipinski definition) is 1. The van der Waals surface area contributed by atoms with Crippen LogP contribution in [0, 0.1) is 7.14 Å². The second-order valence-corrected chi connectivity index (χ2v) is 17.8. The molecule has 0 unspecified atom stereocenters. The van der Waals surface area contributed by atoms with E-state index in [1.54, 1.807) is 12.4 Å². The predicted molar refractivity (Wildman–Crippen MR) is 171 cm³/mol. The van der Waals surface area contributed by atoms with Gasteiger partial charge in [0.1, 0.15) is 11.3 Å². The normalized spacial score (nSPS) is 11.6. The van der Waals surface area contributed by atoms with Crippen LogP contribution in [0.15, 0.2) is 36.9 Å². The topological polar surface area (TPSA) is 46.5 Å². The van der Waals surface area contributed by atoms with Gasteiger partial charge in [-0.1, -0.05) is 79.6 Å². The molecule has 0 aliphatic heterocycles. The molecular formula is C25H36Cl2I2N4Si. The van der Waals surface area contributed by atoms with Crippen molar-refractivity contribution in [2.24, 2.45) is 0 Å². The van der Waals surface area contributed by atoms with Crippen LogP contribution in [0.4, 0.5) is 0 Å². The summed E-state index contributed by atoms with van der Waals surface area (Å²) in [6.45, 7) is 14.3. The fraction of sp³-hybridized carbons (Fsp3) is 0.440. The number of hydrogen-bond acceptors (Lipinski definition) is 2. The van der Waals surface area contributed by atoms with Crippen LogP contribution in [0.5, 0.6) is 0 Å². The molecule has 0 atom stereocenters. The second kappa shape index (κ2) is 12.7. The molecule has 4 aromatic rings. The van der Waals surface area contributed by atoms with Crippen LogP contribution in [0.1, 0.15) is 56.4 Å². The first kappa shape index (κ1) is 31.7. The van der Waals surface area contributed by atoms with E-state index >= 15 is 0 Å². The summed E-state index contributed by atoms with van der Waals surface area (Å²) in [4.78, 5) is 11.8. The lowest BCUT2D eigenvalue weighted by molar-refractivity contribution is 0.770. The zero-order valence-electron chi connectivity index (χ0n) is 19.0. The fourth-order valence-corrected chi connectivity index (χ4v) is 13.5. The lowest BCUT2D eigenvalue weighted by atomic mass is 10.3. The zero-order chi connectivity index (χ0) is 23.8. The molecule has 0 aromatic carbocycles. The Morgan fingerprint density at radius 1 is 0.824 bits per heavy atom. The summed E-state index contributed by atoms with van der Waals surface area (Å²) < 4.78 is 4.93. The molecule has 0 fully saturated rings. The number of fused-ring (bicyclic) bond motifs is 2. The second-order valence-electron chi connectivity index (χ2n) is 8.91. The maximum Gasteiger partial charge on any atom is 0.171 e. The Hall–Kier alpha value is -0.363. The van der Waals surface area contributed by atoms with E-state index in [9.17, 15) is 0 Å². The highest BCUT2D eigenvalue weighted by atomic mass is 127. The highest BCUT2D eigenvalue weighted by molar-refractivity contribution is 14.1. The van der Waals surface area contributed by atoms with Crippen LogP contribution in [0.3, 0.4) is 0 Å². The summed E-state index contributed by atoms with van der Waals surface area (Å²) in [5, 5.41) is 3.65. The summed E-state index contributed by atoms with van der Waals surface area (Å²) in [6.07, 6.45) is 7.63. The van der Waals surface area contributed by atoms with E-state index in [1.165, 1.54) is 8.96 Å². The molecule has 0 amide bonds. The van der Waals surface area contributed by atoms with Gasteiger partial charge in [0.05, 0.1) is 10.0 Å². The SMILES string of the molecule is C.C.CC(C)[Si](C(C)C)(C(C)C)n1cc(I)c2cc(Cl)cnc21.Clc1cnc2[nH]cc(I)c2c1. The molecule has 0 saturated heterocycles. The van der Waals surface area contributed by atoms with E-state index in [-0.39, 0.29) is 14.9 Å². The Morgan fingerprint density at radius 2 is 1.32 bits per heavy atom. The third kappa shape index (κ3) is 5.95. The van der Waals surface area contributed by atoms with E-state index in [0.717, 1.165) is 20.3 Å².